The van der Waals surface area contributed by atoms with Gasteiger partial charge < -0.3 is 14.0 Å². The zero-order chi connectivity index (χ0) is 18.3. The highest BCUT2D eigenvalue weighted by atomic mass is 35.5. The van der Waals surface area contributed by atoms with Gasteiger partial charge in [0.15, 0.2) is 0 Å². The maximum atomic E-state index is 12.9. The molecule has 0 fully saturated rings. The lowest BCUT2D eigenvalue weighted by Gasteiger charge is -2.32. The van der Waals surface area contributed by atoms with Gasteiger partial charge in [0.1, 0.15) is 11.7 Å². The highest BCUT2D eigenvalue weighted by Gasteiger charge is 2.44. The summed E-state index contributed by atoms with van der Waals surface area (Å²) in [4.78, 5) is 25.2. The van der Waals surface area contributed by atoms with Crippen molar-refractivity contribution in [1.29, 1.82) is 5.41 Å². The lowest BCUT2D eigenvalue weighted by Crippen LogP contribution is -2.42. The number of nitrogens with one attached hydrogen (secondary N) is 1. The van der Waals surface area contributed by atoms with Crippen LogP contribution in [0.5, 0.6) is 5.75 Å². The van der Waals surface area contributed by atoms with Crippen LogP contribution in [0.2, 0.25) is 5.02 Å². The van der Waals surface area contributed by atoms with E-state index in [1.807, 2.05) is 0 Å². The normalized spacial score (nSPS) is 19.1. The number of fused-ring (bicyclic) bond motifs is 1. The summed E-state index contributed by atoms with van der Waals surface area (Å²) in [5, 5.41) is 8.71. The zero-order valence-corrected chi connectivity index (χ0v) is 14.8. The number of esters is 1. The minimum absolute atomic E-state index is 0.244. The second-order valence-corrected chi connectivity index (χ2v) is 6.36. The molecule has 0 amide bonds. The van der Waals surface area contributed by atoms with E-state index in [-0.39, 0.29) is 11.5 Å². The Balaban J connectivity index is 2.31. The average molecular weight is 361 g/mol. The van der Waals surface area contributed by atoms with Crippen molar-refractivity contribution in [3.05, 3.63) is 62.5 Å². The standard InChI is InChI=1S/C18H17ClN2O4/c1-9-8-12-14(17(22)21(9)2)13(10-4-6-11(19)7-5-10)15(16(20)25-12)18(23)24-3/h4-8,13,15,20H,1-3H3. The number of ether oxygens (including phenoxy) is 2. The fourth-order valence-electron chi connectivity index (χ4n) is 3.08. The number of carbonyl (C=O) groups excluding carboxylic acids is 1. The molecule has 0 saturated heterocycles. The summed E-state index contributed by atoms with van der Waals surface area (Å²) in [6.45, 7) is 1.78. The molecule has 3 rings (SSSR count). The van der Waals surface area contributed by atoms with E-state index in [4.69, 9.17) is 26.5 Å². The summed E-state index contributed by atoms with van der Waals surface area (Å²) >= 11 is 5.96. The molecule has 0 bridgehead atoms. The molecule has 1 aliphatic heterocycles. The van der Waals surface area contributed by atoms with Crippen LogP contribution in [0, 0.1) is 18.3 Å². The third kappa shape index (κ3) is 2.82. The molecule has 2 aromatic rings. The van der Waals surface area contributed by atoms with Crippen molar-refractivity contribution >= 4 is 23.5 Å². The Morgan fingerprint density at radius 2 is 1.96 bits per heavy atom. The van der Waals surface area contributed by atoms with E-state index in [0.717, 1.165) is 0 Å². The quantitative estimate of drug-likeness (QED) is 0.835. The number of hydrogen-bond donors (Lipinski definition) is 1. The highest BCUT2D eigenvalue weighted by molar-refractivity contribution is 6.30. The van der Waals surface area contributed by atoms with E-state index in [2.05, 4.69) is 0 Å². The second kappa shape index (κ2) is 6.37. The van der Waals surface area contributed by atoms with Crippen LogP contribution in [0.3, 0.4) is 0 Å². The summed E-state index contributed by atoms with van der Waals surface area (Å²) in [7, 11) is 2.90. The first-order chi connectivity index (χ1) is 11.8. The van der Waals surface area contributed by atoms with Crippen molar-refractivity contribution in [2.75, 3.05) is 7.11 Å². The van der Waals surface area contributed by atoms with Gasteiger partial charge in [0.05, 0.1) is 12.7 Å². The molecule has 130 valence electrons. The average Bonchev–Trinajstić information content (AvgIpc) is 2.59. The van der Waals surface area contributed by atoms with Gasteiger partial charge in [0.25, 0.3) is 5.56 Å². The van der Waals surface area contributed by atoms with Crippen LogP contribution in [0.4, 0.5) is 0 Å². The fourth-order valence-corrected chi connectivity index (χ4v) is 3.21. The van der Waals surface area contributed by atoms with Crippen LogP contribution in [0.25, 0.3) is 0 Å². The van der Waals surface area contributed by atoms with Gasteiger partial charge in [-0.25, -0.2) is 0 Å². The Morgan fingerprint density at radius 3 is 2.56 bits per heavy atom. The van der Waals surface area contributed by atoms with Gasteiger partial charge in [-0.3, -0.25) is 15.0 Å². The van der Waals surface area contributed by atoms with Crippen LogP contribution in [-0.4, -0.2) is 23.5 Å². The van der Waals surface area contributed by atoms with Gasteiger partial charge in [0, 0.05) is 29.7 Å². The molecular weight excluding hydrogens is 344 g/mol. The minimum atomic E-state index is -1.03. The minimum Gasteiger partial charge on any atom is -0.468 e. The molecule has 2 atom stereocenters. The number of nitrogens with zero attached hydrogens (tertiary/aromatic N) is 1. The molecule has 0 radical (unpaired) electrons. The van der Waals surface area contributed by atoms with Crippen molar-refractivity contribution in [1.82, 2.24) is 4.57 Å². The summed E-state index contributed by atoms with van der Waals surface area (Å²) in [6, 6.07) is 8.54. The first kappa shape index (κ1) is 17.2. The molecule has 25 heavy (non-hydrogen) atoms. The molecular formula is C18H17ClN2O4. The number of methoxy groups -OCH3 is 1. The van der Waals surface area contributed by atoms with Gasteiger partial charge >= 0.3 is 5.97 Å². The molecule has 2 heterocycles. The number of rotatable bonds is 2. The first-order valence-corrected chi connectivity index (χ1v) is 8.03. The van der Waals surface area contributed by atoms with Crippen LogP contribution < -0.4 is 10.3 Å². The SMILES string of the molecule is COC(=O)C1C(=N)Oc2cc(C)n(C)c(=O)c2C1c1ccc(Cl)cc1. The number of pyridine rings is 1. The van der Waals surface area contributed by atoms with Crippen molar-refractivity contribution in [2.24, 2.45) is 13.0 Å². The molecule has 1 aliphatic rings. The topological polar surface area (TPSA) is 81.4 Å². The summed E-state index contributed by atoms with van der Waals surface area (Å²) < 4.78 is 11.8. The van der Waals surface area contributed by atoms with E-state index in [1.54, 1.807) is 44.3 Å². The van der Waals surface area contributed by atoms with Crippen LogP contribution in [0.15, 0.2) is 35.1 Å². The van der Waals surface area contributed by atoms with Gasteiger partial charge in [-0.05, 0) is 24.6 Å². The van der Waals surface area contributed by atoms with Crippen molar-refractivity contribution in [2.45, 2.75) is 12.8 Å². The Hall–Kier alpha value is -2.60. The lowest BCUT2D eigenvalue weighted by molar-refractivity contribution is -0.143. The Morgan fingerprint density at radius 1 is 1.32 bits per heavy atom. The summed E-state index contributed by atoms with van der Waals surface area (Å²) in [5.41, 5.74) is 1.45. The van der Waals surface area contributed by atoms with E-state index >= 15 is 0 Å². The maximum absolute atomic E-state index is 12.9. The molecule has 1 aromatic heterocycles. The summed E-state index contributed by atoms with van der Waals surface area (Å²) in [5.74, 6) is -2.29. The zero-order valence-electron chi connectivity index (χ0n) is 14.0. The monoisotopic (exact) mass is 360 g/mol. The highest BCUT2D eigenvalue weighted by Crippen LogP contribution is 2.41. The predicted octanol–water partition coefficient (Wildman–Crippen LogP) is 2.64. The molecule has 1 aromatic carbocycles. The summed E-state index contributed by atoms with van der Waals surface area (Å²) in [6.07, 6.45) is 0. The van der Waals surface area contributed by atoms with Crippen LogP contribution in [0.1, 0.15) is 22.7 Å². The van der Waals surface area contributed by atoms with Gasteiger partial charge in [-0.1, -0.05) is 23.7 Å². The molecule has 0 spiro atoms. The van der Waals surface area contributed by atoms with E-state index in [0.29, 0.717) is 27.6 Å². The first-order valence-electron chi connectivity index (χ1n) is 7.65. The number of carbonyl (C=O) groups is 1. The number of aryl methyl sites for hydroxylation is 1. The van der Waals surface area contributed by atoms with Crippen molar-refractivity contribution in [3.63, 3.8) is 0 Å². The van der Waals surface area contributed by atoms with Gasteiger partial charge in [-0.2, -0.15) is 0 Å². The maximum Gasteiger partial charge on any atom is 0.319 e. The van der Waals surface area contributed by atoms with Gasteiger partial charge in [0.2, 0.25) is 5.90 Å². The predicted molar refractivity (Wildman–Crippen MR) is 93.6 cm³/mol. The van der Waals surface area contributed by atoms with Crippen LogP contribution >= 0.6 is 11.6 Å². The van der Waals surface area contributed by atoms with E-state index in [9.17, 15) is 9.59 Å². The molecule has 2 unspecified atom stereocenters. The molecule has 1 N–H and O–H groups in total. The van der Waals surface area contributed by atoms with Crippen molar-refractivity contribution in [3.8, 4) is 5.75 Å². The Kier molecular flexibility index (Phi) is 4.39. The number of aromatic nitrogens is 1. The molecule has 0 saturated carbocycles. The fraction of sp³-hybridized carbons (Fsp3) is 0.278. The smallest absolute Gasteiger partial charge is 0.319 e. The van der Waals surface area contributed by atoms with E-state index in [1.165, 1.54) is 11.7 Å². The Bertz CT molecular complexity index is 918. The molecule has 6 nitrogen and oxygen atoms in total. The van der Waals surface area contributed by atoms with Gasteiger partial charge in [-0.15, -0.1) is 0 Å². The Labute approximate surface area is 149 Å². The molecule has 0 aliphatic carbocycles. The van der Waals surface area contributed by atoms with Crippen LogP contribution in [-0.2, 0) is 16.6 Å². The number of halogens is 1. The number of benzene rings is 1. The third-order valence-corrected chi connectivity index (χ3v) is 4.75. The third-order valence-electron chi connectivity index (χ3n) is 4.50. The van der Waals surface area contributed by atoms with Crippen molar-refractivity contribution < 1.29 is 14.3 Å². The molecule has 7 heteroatoms. The largest absolute Gasteiger partial charge is 0.468 e. The lowest BCUT2D eigenvalue weighted by atomic mass is 9.78. The van der Waals surface area contributed by atoms with E-state index < -0.39 is 17.8 Å². The second-order valence-electron chi connectivity index (χ2n) is 5.92. The number of hydrogen-bond acceptors (Lipinski definition) is 5.